The standard InChI is InChI=1S/C13H22O2/c1-3-5-6-7-8-9-10-11-12-13(14)15-4-2/h4,6-12H2,1-2H3. The molecule has 0 heterocycles. The third-order valence-electron chi connectivity index (χ3n) is 2.16. The van der Waals surface area contributed by atoms with Crippen molar-refractivity contribution in [3.8, 4) is 11.8 Å². The molecule has 0 saturated carbocycles. The Morgan fingerprint density at radius 2 is 1.80 bits per heavy atom. The Hall–Kier alpha value is -0.970. The van der Waals surface area contributed by atoms with E-state index in [1.165, 1.54) is 19.3 Å². The molecule has 0 aliphatic heterocycles. The average Bonchev–Trinajstić information content (AvgIpc) is 2.22. The Bertz CT molecular complexity index is 210. The lowest BCUT2D eigenvalue weighted by molar-refractivity contribution is -0.143. The summed E-state index contributed by atoms with van der Waals surface area (Å²) in [5.74, 6) is 5.88. The molecule has 15 heavy (non-hydrogen) atoms. The van der Waals surface area contributed by atoms with Gasteiger partial charge < -0.3 is 4.74 Å². The summed E-state index contributed by atoms with van der Waals surface area (Å²) >= 11 is 0. The SMILES string of the molecule is CC#CCCCCCCCC(=O)OCC. The molecule has 0 saturated heterocycles. The number of hydrogen-bond donors (Lipinski definition) is 0. The van der Waals surface area contributed by atoms with Crippen molar-refractivity contribution >= 4 is 5.97 Å². The summed E-state index contributed by atoms with van der Waals surface area (Å²) in [7, 11) is 0. The third-order valence-corrected chi connectivity index (χ3v) is 2.16. The van der Waals surface area contributed by atoms with Crippen molar-refractivity contribution in [3.05, 3.63) is 0 Å². The van der Waals surface area contributed by atoms with Gasteiger partial charge in [0, 0.05) is 12.8 Å². The minimum Gasteiger partial charge on any atom is -0.466 e. The molecule has 0 fully saturated rings. The van der Waals surface area contributed by atoms with Gasteiger partial charge in [0.1, 0.15) is 0 Å². The zero-order valence-electron chi connectivity index (χ0n) is 9.97. The number of ether oxygens (including phenoxy) is 1. The molecule has 0 spiro atoms. The van der Waals surface area contributed by atoms with Crippen LogP contribution in [0.25, 0.3) is 0 Å². The molecule has 0 rings (SSSR count). The first-order valence-corrected chi connectivity index (χ1v) is 5.86. The highest BCUT2D eigenvalue weighted by molar-refractivity contribution is 5.69. The van der Waals surface area contributed by atoms with Crippen molar-refractivity contribution < 1.29 is 9.53 Å². The van der Waals surface area contributed by atoms with Gasteiger partial charge in [-0.1, -0.05) is 19.3 Å². The predicted octanol–water partition coefficient (Wildman–Crippen LogP) is 3.30. The third kappa shape index (κ3) is 11.0. The number of rotatable bonds is 8. The lowest BCUT2D eigenvalue weighted by Gasteiger charge is -2.01. The highest BCUT2D eigenvalue weighted by Gasteiger charge is 1.99. The van der Waals surface area contributed by atoms with E-state index in [9.17, 15) is 4.79 Å². The van der Waals surface area contributed by atoms with Crippen molar-refractivity contribution in [2.45, 2.75) is 58.8 Å². The highest BCUT2D eigenvalue weighted by Crippen LogP contribution is 2.07. The van der Waals surface area contributed by atoms with E-state index in [-0.39, 0.29) is 5.97 Å². The average molecular weight is 210 g/mol. The van der Waals surface area contributed by atoms with Crippen LogP contribution in [0.15, 0.2) is 0 Å². The molecule has 0 aliphatic rings. The first-order chi connectivity index (χ1) is 7.31. The molecule has 0 bridgehead atoms. The van der Waals surface area contributed by atoms with E-state index in [0.29, 0.717) is 13.0 Å². The fraction of sp³-hybridized carbons (Fsp3) is 0.769. The van der Waals surface area contributed by atoms with E-state index in [2.05, 4.69) is 11.8 Å². The molecule has 0 atom stereocenters. The summed E-state index contributed by atoms with van der Waals surface area (Å²) in [5.41, 5.74) is 0. The van der Waals surface area contributed by atoms with E-state index < -0.39 is 0 Å². The van der Waals surface area contributed by atoms with Crippen LogP contribution < -0.4 is 0 Å². The van der Waals surface area contributed by atoms with E-state index in [4.69, 9.17) is 4.74 Å². The van der Waals surface area contributed by atoms with Crippen LogP contribution in [0.4, 0.5) is 0 Å². The van der Waals surface area contributed by atoms with Gasteiger partial charge in [-0.15, -0.1) is 11.8 Å². The van der Waals surface area contributed by atoms with Crippen molar-refractivity contribution in [2.24, 2.45) is 0 Å². The van der Waals surface area contributed by atoms with Crippen LogP contribution in [0.2, 0.25) is 0 Å². The summed E-state index contributed by atoms with van der Waals surface area (Å²) in [6.45, 7) is 4.21. The first kappa shape index (κ1) is 14.0. The normalized spacial score (nSPS) is 9.20. The van der Waals surface area contributed by atoms with Gasteiger partial charge in [-0.2, -0.15) is 0 Å². The Morgan fingerprint density at radius 3 is 2.47 bits per heavy atom. The van der Waals surface area contributed by atoms with Crippen molar-refractivity contribution in [1.82, 2.24) is 0 Å². The molecule has 0 aliphatic carbocycles. The van der Waals surface area contributed by atoms with Gasteiger partial charge in [0.15, 0.2) is 0 Å². The molecule has 2 nitrogen and oxygen atoms in total. The monoisotopic (exact) mass is 210 g/mol. The van der Waals surface area contributed by atoms with Crippen LogP contribution in [0.3, 0.4) is 0 Å². The van der Waals surface area contributed by atoms with E-state index in [0.717, 1.165) is 19.3 Å². The zero-order chi connectivity index (χ0) is 11.4. The van der Waals surface area contributed by atoms with Gasteiger partial charge >= 0.3 is 5.97 Å². The molecular weight excluding hydrogens is 188 g/mol. The molecule has 0 aromatic carbocycles. The molecule has 0 aromatic rings. The molecule has 86 valence electrons. The Labute approximate surface area is 93.4 Å². The van der Waals surface area contributed by atoms with Crippen LogP contribution in [-0.4, -0.2) is 12.6 Å². The number of carbonyl (C=O) groups excluding carboxylic acids is 1. The van der Waals surface area contributed by atoms with Gasteiger partial charge in [-0.3, -0.25) is 4.79 Å². The second kappa shape index (κ2) is 11.1. The van der Waals surface area contributed by atoms with E-state index >= 15 is 0 Å². The largest absolute Gasteiger partial charge is 0.466 e. The highest BCUT2D eigenvalue weighted by atomic mass is 16.5. The maximum absolute atomic E-state index is 11.0. The lowest BCUT2D eigenvalue weighted by Crippen LogP contribution is -2.03. The minimum absolute atomic E-state index is 0.0608. The Balaban J connectivity index is 3.10. The van der Waals surface area contributed by atoms with Gasteiger partial charge in [-0.05, 0) is 26.7 Å². The van der Waals surface area contributed by atoms with Gasteiger partial charge in [0.05, 0.1) is 6.61 Å². The smallest absolute Gasteiger partial charge is 0.305 e. The van der Waals surface area contributed by atoms with E-state index in [1.807, 2.05) is 13.8 Å². The maximum Gasteiger partial charge on any atom is 0.305 e. The number of hydrogen-bond acceptors (Lipinski definition) is 2. The predicted molar refractivity (Wildman–Crippen MR) is 62.4 cm³/mol. The molecule has 0 N–H and O–H groups in total. The summed E-state index contributed by atoms with van der Waals surface area (Å²) in [6.07, 6.45) is 7.26. The van der Waals surface area contributed by atoms with Gasteiger partial charge in [0.2, 0.25) is 0 Å². The fourth-order valence-electron chi connectivity index (χ4n) is 1.37. The maximum atomic E-state index is 11.0. The summed E-state index contributed by atoms with van der Waals surface area (Å²) < 4.78 is 4.84. The summed E-state index contributed by atoms with van der Waals surface area (Å²) in [6, 6.07) is 0. The minimum atomic E-state index is -0.0608. The summed E-state index contributed by atoms with van der Waals surface area (Å²) in [4.78, 5) is 11.0. The van der Waals surface area contributed by atoms with Crippen LogP contribution in [0.1, 0.15) is 58.8 Å². The molecule has 0 radical (unpaired) electrons. The van der Waals surface area contributed by atoms with Crippen molar-refractivity contribution in [2.75, 3.05) is 6.61 Å². The quantitative estimate of drug-likeness (QED) is 0.349. The van der Waals surface area contributed by atoms with Gasteiger partial charge in [0.25, 0.3) is 0 Å². The molecule has 0 amide bonds. The van der Waals surface area contributed by atoms with Crippen LogP contribution >= 0.6 is 0 Å². The fourth-order valence-corrected chi connectivity index (χ4v) is 1.37. The second-order valence-electron chi connectivity index (χ2n) is 3.50. The number of carbonyl (C=O) groups is 1. The van der Waals surface area contributed by atoms with Crippen LogP contribution in [-0.2, 0) is 9.53 Å². The van der Waals surface area contributed by atoms with Crippen LogP contribution in [0, 0.1) is 11.8 Å². The lowest BCUT2D eigenvalue weighted by atomic mass is 10.1. The second-order valence-corrected chi connectivity index (χ2v) is 3.50. The molecule has 0 aromatic heterocycles. The Morgan fingerprint density at radius 1 is 1.13 bits per heavy atom. The molecule has 2 heteroatoms. The number of unbranched alkanes of at least 4 members (excludes halogenated alkanes) is 5. The summed E-state index contributed by atoms with van der Waals surface area (Å²) in [5, 5.41) is 0. The van der Waals surface area contributed by atoms with Crippen molar-refractivity contribution in [1.29, 1.82) is 0 Å². The van der Waals surface area contributed by atoms with Crippen LogP contribution in [0.5, 0.6) is 0 Å². The van der Waals surface area contributed by atoms with Crippen molar-refractivity contribution in [3.63, 3.8) is 0 Å². The topological polar surface area (TPSA) is 26.3 Å². The number of esters is 1. The Kier molecular flexibility index (Phi) is 10.4. The molecule has 0 unspecified atom stereocenters. The zero-order valence-corrected chi connectivity index (χ0v) is 9.97. The molecular formula is C13H22O2. The first-order valence-electron chi connectivity index (χ1n) is 5.86. The van der Waals surface area contributed by atoms with Gasteiger partial charge in [-0.25, -0.2) is 0 Å². The van der Waals surface area contributed by atoms with E-state index in [1.54, 1.807) is 0 Å².